The fourth-order valence-corrected chi connectivity index (χ4v) is 3.96. The Morgan fingerprint density at radius 2 is 1.89 bits per heavy atom. The van der Waals surface area contributed by atoms with Crippen molar-refractivity contribution in [1.29, 1.82) is 0 Å². The van der Waals surface area contributed by atoms with Gasteiger partial charge >= 0.3 is 5.97 Å². The molecule has 0 bridgehead atoms. The standard InChI is InChI=1S/C21H35N3O3/c1-6-23(18-10-8-7-9-11-18)20(25)14-27-21(26)12-19-16(4)22-24(17(19)5)13-15(2)3/h15,18H,6-14H2,1-5H3. The second kappa shape index (κ2) is 9.90. The van der Waals surface area contributed by atoms with E-state index in [0.29, 0.717) is 18.5 Å². The van der Waals surface area contributed by atoms with Crippen molar-refractivity contribution >= 4 is 11.9 Å². The summed E-state index contributed by atoms with van der Waals surface area (Å²) in [4.78, 5) is 26.7. The summed E-state index contributed by atoms with van der Waals surface area (Å²) in [5, 5.41) is 4.53. The number of likely N-dealkylation sites (N-methyl/N-ethyl adjacent to an activating group) is 1. The van der Waals surface area contributed by atoms with E-state index in [1.807, 2.05) is 30.4 Å². The van der Waals surface area contributed by atoms with Gasteiger partial charge in [0, 0.05) is 30.4 Å². The predicted octanol–water partition coefficient (Wildman–Crippen LogP) is 3.42. The molecule has 1 amide bonds. The van der Waals surface area contributed by atoms with Crippen LogP contribution < -0.4 is 0 Å². The predicted molar refractivity (Wildman–Crippen MR) is 105 cm³/mol. The summed E-state index contributed by atoms with van der Waals surface area (Å²) < 4.78 is 7.27. The van der Waals surface area contributed by atoms with Crippen LogP contribution in [0.5, 0.6) is 0 Å². The lowest BCUT2D eigenvalue weighted by Crippen LogP contribution is -2.43. The monoisotopic (exact) mass is 377 g/mol. The van der Waals surface area contributed by atoms with Crippen molar-refractivity contribution in [2.45, 2.75) is 85.7 Å². The first-order valence-electron chi connectivity index (χ1n) is 10.3. The quantitative estimate of drug-likeness (QED) is 0.651. The summed E-state index contributed by atoms with van der Waals surface area (Å²) in [5.74, 6) is 0.0419. The molecule has 1 fully saturated rings. The number of aryl methyl sites for hydroxylation is 1. The molecule has 6 nitrogen and oxygen atoms in total. The number of hydrogen-bond donors (Lipinski definition) is 0. The van der Waals surface area contributed by atoms with Crippen molar-refractivity contribution in [1.82, 2.24) is 14.7 Å². The lowest BCUT2D eigenvalue weighted by Gasteiger charge is -2.33. The molecule has 2 rings (SSSR count). The third-order valence-electron chi connectivity index (χ3n) is 5.42. The normalized spacial score (nSPS) is 15.2. The highest BCUT2D eigenvalue weighted by molar-refractivity contribution is 5.81. The van der Waals surface area contributed by atoms with Gasteiger partial charge < -0.3 is 9.64 Å². The molecule has 1 aliphatic rings. The second-order valence-corrected chi connectivity index (χ2v) is 8.03. The fourth-order valence-electron chi connectivity index (χ4n) is 3.96. The minimum Gasteiger partial charge on any atom is -0.455 e. The summed E-state index contributed by atoms with van der Waals surface area (Å²) in [6.45, 7) is 11.5. The largest absolute Gasteiger partial charge is 0.455 e. The third kappa shape index (κ3) is 5.81. The van der Waals surface area contributed by atoms with Crippen LogP contribution in [-0.4, -0.2) is 45.8 Å². The van der Waals surface area contributed by atoms with E-state index in [4.69, 9.17) is 4.74 Å². The van der Waals surface area contributed by atoms with Crippen LogP contribution in [0.3, 0.4) is 0 Å². The Kier molecular flexibility index (Phi) is 7.87. The molecule has 1 aromatic rings. The van der Waals surface area contributed by atoms with E-state index in [0.717, 1.165) is 36.3 Å². The first-order chi connectivity index (χ1) is 12.8. The summed E-state index contributed by atoms with van der Waals surface area (Å²) in [5.41, 5.74) is 2.77. The lowest BCUT2D eigenvalue weighted by atomic mass is 9.94. The molecule has 0 atom stereocenters. The molecule has 1 aliphatic carbocycles. The third-order valence-corrected chi connectivity index (χ3v) is 5.42. The Hall–Kier alpha value is -1.85. The van der Waals surface area contributed by atoms with Gasteiger partial charge in [0.2, 0.25) is 0 Å². The zero-order valence-electron chi connectivity index (χ0n) is 17.6. The number of carbonyl (C=O) groups excluding carboxylic acids is 2. The van der Waals surface area contributed by atoms with E-state index in [9.17, 15) is 9.59 Å². The Morgan fingerprint density at radius 1 is 1.22 bits per heavy atom. The topological polar surface area (TPSA) is 64.4 Å². The minimum atomic E-state index is -0.363. The Balaban J connectivity index is 1.90. The van der Waals surface area contributed by atoms with E-state index in [-0.39, 0.29) is 24.9 Å². The molecule has 1 saturated carbocycles. The number of nitrogens with zero attached hydrogens (tertiary/aromatic N) is 3. The zero-order chi connectivity index (χ0) is 20.0. The molecule has 0 aromatic carbocycles. The van der Waals surface area contributed by atoms with Gasteiger partial charge in [0.25, 0.3) is 5.91 Å². The van der Waals surface area contributed by atoms with Crippen molar-refractivity contribution < 1.29 is 14.3 Å². The van der Waals surface area contributed by atoms with E-state index in [1.165, 1.54) is 19.3 Å². The number of rotatable bonds is 8. The van der Waals surface area contributed by atoms with Crippen LogP contribution in [-0.2, 0) is 27.3 Å². The van der Waals surface area contributed by atoms with Gasteiger partial charge in [0.15, 0.2) is 6.61 Å². The zero-order valence-corrected chi connectivity index (χ0v) is 17.6. The number of carbonyl (C=O) groups is 2. The summed E-state index contributed by atoms with van der Waals surface area (Å²) >= 11 is 0. The van der Waals surface area contributed by atoms with Crippen molar-refractivity contribution in [3.8, 4) is 0 Å². The molecule has 27 heavy (non-hydrogen) atoms. The maximum absolute atomic E-state index is 12.5. The Bertz CT molecular complexity index is 645. The molecule has 0 aliphatic heterocycles. The van der Waals surface area contributed by atoms with Crippen LogP contribution in [0.15, 0.2) is 0 Å². The molecule has 0 N–H and O–H groups in total. The minimum absolute atomic E-state index is 0.0818. The fraction of sp³-hybridized carbons (Fsp3) is 0.762. The van der Waals surface area contributed by atoms with E-state index in [1.54, 1.807) is 0 Å². The summed E-state index contributed by atoms with van der Waals surface area (Å²) in [6, 6.07) is 0.300. The lowest BCUT2D eigenvalue weighted by molar-refractivity contribution is -0.152. The van der Waals surface area contributed by atoms with Crippen LogP contribution in [0.2, 0.25) is 0 Å². The first-order valence-corrected chi connectivity index (χ1v) is 10.3. The second-order valence-electron chi connectivity index (χ2n) is 8.03. The highest BCUT2D eigenvalue weighted by atomic mass is 16.5. The molecule has 0 radical (unpaired) electrons. The maximum Gasteiger partial charge on any atom is 0.310 e. The van der Waals surface area contributed by atoms with Gasteiger partial charge in [-0.25, -0.2) is 0 Å². The average molecular weight is 378 g/mol. The van der Waals surface area contributed by atoms with Crippen LogP contribution in [0, 0.1) is 19.8 Å². The molecule has 1 heterocycles. The smallest absolute Gasteiger partial charge is 0.310 e. The van der Waals surface area contributed by atoms with Crippen LogP contribution in [0.4, 0.5) is 0 Å². The number of amides is 1. The first kappa shape index (κ1) is 21.5. The van der Waals surface area contributed by atoms with Crippen LogP contribution >= 0.6 is 0 Å². The van der Waals surface area contributed by atoms with Crippen LogP contribution in [0.1, 0.15) is 69.8 Å². The van der Waals surface area contributed by atoms with Crippen LogP contribution in [0.25, 0.3) is 0 Å². The average Bonchev–Trinajstić information content (AvgIpc) is 2.88. The molecule has 0 spiro atoms. The van der Waals surface area contributed by atoms with Crippen molar-refractivity contribution in [3.05, 3.63) is 17.0 Å². The van der Waals surface area contributed by atoms with Gasteiger partial charge in [-0.1, -0.05) is 33.1 Å². The molecule has 6 heteroatoms. The number of ether oxygens (including phenoxy) is 1. The SMILES string of the molecule is CCN(C(=O)COC(=O)Cc1c(C)nn(CC(C)C)c1C)C1CCCCC1. The van der Waals surface area contributed by atoms with Gasteiger partial charge in [-0.15, -0.1) is 0 Å². The highest BCUT2D eigenvalue weighted by Gasteiger charge is 2.25. The van der Waals surface area contributed by atoms with Gasteiger partial charge in [-0.2, -0.15) is 5.10 Å². The van der Waals surface area contributed by atoms with Gasteiger partial charge in [0.05, 0.1) is 12.1 Å². The van der Waals surface area contributed by atoms with E-state index >= 15 is 0 Å². The summed E-state index contributed by atoms with van der Waals surface area (Å²) in [7, 11) is 0. The van der Waals surface area contributed by atoms with Gasteiger partial charge in [-0.3, -0.25) is 14.3 Å². The van der Waals surface area contributed by atoms with Gasteiger partial charge in [-0.05, 0) is 39.5 Å². The Morgan fingerprint density at radius 3 is 2.48 bits per heavy atom. The molecule has 0 saturated heterocycles. The molecule has 152 valence electrons. The molecular weight excluding hydrogens is 342 g/mol. The highest BCUT2D eigenvalue weighted by Crippen LogP contribution is 2.22. The van der Waals surface area contributed by atoms with Crippen molar-refractivity contribution in [2.24, 2.45) is 5.92 Å². The van der Waals surface area contributed by atoms with E-state index in [2.05, 4.69) is 18.9 Å². The number of esters is 1. The summed E-state index contributed by atoms with van der Waals surface area (Å²) in [6.07, 6.45) is 5.88. The van der Waals surface area contributed by atoms with Crippen molar-refractivity contribution in [2.75, 3.05) is 13.2 Å². The van der Waals surface area contributed by atoms with E-state index < -0.39 is 0 Å². The number of hydrogen-bond acceptors (Lipinski definition) is 4. The molecular formula is C21H35N3O3. The Labute approximate surface area is 163 Å². The molecule has 0 unspecified atom stereocenters. The van der Waals surface area contributed by atoms with Gasteiger partial charge in [0.1, 0.15) is 0 Å². The molecule has 1 aromatic heterocycles. The van der Waals surface area contributed by atoms with Crippen molar-refractivity contribution in [3.63, 3.8) is 0 Å². The number of aromatic nitrogens is 2. The maximum atomic E-state index is 12.5.